The standard InChI is InChI=1S/C6H4ClO.C5H5.Fe/c7-6(8)5-3-1-2-4-5;1-2-4-5-3-1;/h1-4H;1-5H;/q-1;-5;. The fourth-order valence-corrected chi connectivity index (χ4v) is 0.952. The fourth-order valence-electron chi connectivity index (χ4n) is 0.826. The Labute approximate surface area is 98.9 Å². The van der Waals surface area contributed by atoms with Crippen LogP contribution in [0, 0.1) is 0 Å². The van der Waals surface area contributed by atoms with Crippen LogP contribution in [0.2, 0.25) is 0 Å². The van der Waals surface area contributed by atoms with Crippen molar-refractivity contribution in [2.75, 3.05) is 0 Å². The summed E-state index contributed by atoms with van der Waals surface area (Å²) in [7, 11) is 0. The molecule has 2 aromatic carbocycles. The zero-order valence-electron chi connectivity index (χ0n) is 7.34. The largest absolute Gasteiger partial charge is 0.748 e. The van der Waals surface area contributed by atoms with Crippen LogP contribution in [0.15, 0.2) is 54.6 Å². The molecule has 0 aliphatic carbocycles. The molecule has 0 atom stereocenters. The van der Waals surface area contributed by atoms with Gasteiger partial charge in [-0.05, 0) is 0 Å². The van der Waals surface area contributed by atoms with E-state index >= 15 is 0 Å². The Balaban J connectivity index is 0.000000246. The predicted molar refractivity (Wildman–Crippen MR) is 54.3 cm³/mol. The van der Waals surface area contributed by atoms with E-state index in [1.807, 2.05) is 30.3 Å². The maximum absolute atomic E-state index is 10.3. The molecule has 0 aliphatic heterocycles. The third-order valence-electron chi connectivity index (χ3n) is 1.45. The molecule has 0 heterocycles. The molecule has 0 spiro atoms. The summed E-state index contributed by atoms with van der Waals surface area (Å²) in [5.74, 6) is 0. The van der Waals surface area contributed by atoms with E-state index in [1.54, 1.807) is 24.3 Å². The number of hydrogen-bond acceptors (Lipinski definition) is 1. The van der Waals surface area contributed by atoms with Crippen molar-refractivity contribution in [1.29, 1.82) is 0 Å². The molecule has 2 rings (SSSR count). The average molecular weight is 248 g/mol. The van der Waals surface area contributed by atoms with Gasteiger partial charge in [-0.2, -0.15) is 12.1 Å². The second-order valence-electron chi connectivity index (χ2n) is 2.41. The van der Waals surface area contributed by atoms with Gasteiger partial charge in [0.25, 0.3) is 0 Å². The minimum absolute atomic E-state index is 0. The van der Waals surface area contributed by atoms with Crippen LogP contribution >= 0.6 is 11.6 Å². The zero-order chi connectivity index (χ0) is 9.52. The van der Waals surface area contributed by atoms with Gasteiger partial charge in [-0.3, -0.25) is 4.79 Å². The number of rotatable bonds is 1. The Morgan fingerprint density at radius 2 is 1.36 bits per heavy atom. The number of hydrogen-bond donors (Lipinski definition) is 0. The molecule has 0 bridgehead atoms. The maximum atomic E-state index is 10.3. The SMILES string of the molecule is O=C(Cl)[c-]1cccc1.[Fe].[cH-]1[cH-][cH-][cH-][cH-]1. The molecular formula is C11H9ClFeO-6. The molecule has 0 N–H and O–H groups in total. The number of carbonyl (C=O) groups excluding carboxylic acids is 1. The first-order valence-electron chi connectivity index (χ1n) is 3.89. The van der Waals surface area contributed by atoms with Gasteiger partial charge in [-0.1, -0.05) is 17.2 Å². The number of halogens is 1. The molecule has 1 nitrogen and oxygen atoms in total. The molecule has 0 amide bonds. The van der Waals surface area contributed by atoms with Crippen molar-refractivity contribution in [3.63, 3.8) is 0 Å². The normalized spacial score (nSPS) is 8.07. The zero-order valence-corrected chi connectivity index (χ0v) is 9.20. The molecule has 0 saturated heterocycles. The summed E-state index contributed by atoms with van der Waals surface area (Å²) < 4.78 is 0. The molecule has 0 radical (unpaired) electrons. The fraction of sp³-hybridized carbons (Fsp3) is 0. The van der Waals surface area contributed by atoms with Crippen molar-refractivity contribution in [1.82, 2.24) is 0 Å². The predicted octanol–water partition coefficient (Wildman–Crippen LogP) is 3.19. The summed E-state index contributed by atoms with van der Waals surface area (Å²) in [6.07, 6.45) is 0. The Kier molecular flexibility index (Phi) is 7.13. The Hall–Kier alpha value is -0.821. The van der Waals surface area contributed by atoms with Crippen LogP contribution in [0.1, 0.15) is 10.4 Å². The van der Waals surface area contributed by atoms with Crippen LogP contribution in [0.25, 0.3) is 0 Å². The third kappa shape index (κ3) is 5.03. The smallest absolute Gasteiger partial charge is 0.197 e. The summed E-state index contributed by atoms with van der Waals surface area (Å²) in [4.78, 5) is 10.3. The van der Waals surface area contributed by atoms with Gasteiger partial charge >= 0.3 is 0 Å². The van der Waals surface area contributed by atoms with E-state index in [2.05, 4.69) is 0 Å². The molecule has 2 aromatic rings. The topological polar surface area (TPSA) is 17.1 Å². The third-order valence-corrected chi connectivity index (χ3v) is 1.66. The van der Waals surface area contributed by atoms with Crippen molar-refractivity contribution in [2.24, 2.45) is 0 Å². The van der Waals surface area contributed by atoms with Gasteiger partial charge in [-0.15, -0.1) is 0 Å². The van der Waals surface area contributed by atoms with E-state index in [-0.39, 0.29) is 17.1 Å². The second-order valence-corrected chi connectivity index (χ2v) is 2.75. The van der Waals surface area contributed by atoms with E-state index in [9.17, 15) is 4.79 Å². The van der Waals surface area contributed by atoms with Crippen LogP contribution in [0.3, 0.4) is 0 Å². The van der Waals surface area contributed by atoms with E-state index < -0.39 is 5.24 Å². The van der Waals surface area contributed by atoms with E-state index in [0.717, 1.165) is 0 Å². The summed E-state index contributed by atoms with van der Waals surface area (Å²) in [5.41, 5.74) is 0.562. The van der Waals surface area contributed by atoms with Crippen molar-refractivity contribution in [3.8, 4) is 0 Å². The van der Waals surface area contributed by atoms with Crippen molar-refractivity contribution < 1.29 is 21.9 Å². The summed E-state index contributed by atoms with van der Waals surface area (Å²) in [6.45, 7) is 0. The van der Waals surface area contributed by atoms with Crippen LogP contribution in [0.5, 0.6) is 0 Å². The first kappa shape index (κ1) is 13.2. The molecule has 0 unspecified atom stereocenters. The minimum atomic E-state index is -0.394. The molecule has 0 saturated carbocycles. The van der Waals surface area contributed by atoms with Crippen LogP contribution in [-0.2, 0) is 17.1 Å². The van der Waals surface area contributed by atoms with Crippen molar-refractivity contribution >= 4 is 16.8 Å². The quantitative estimate of drug-likeness (QED) is 0.430. The van der Waals surface area contributed by atoms with Gasteiger partial charge in [0.15, 0.2) is 5.24 Å². The molecule has 3 heteroatoms. The van der Waals surface area contributed by atoms with E-state index in [4.69, 9.17) is 11.6 Å². The van der Waals surface area contributed by atoms with Gasteiger partial charge in [0.1, 0.15) is 0 Å². The summed E-state index contributed by atoms with van der Waals surface area (Å²) >= 11 is 5.11. The Morgan fingerprint density at radius 3 is 1.57 bits per heavy atom. The van der Waals surface area contributed by atoms with Gasteiger partial charge in [0, 0.05) is 17.1 Å². The van der Waals surface area contributed by atoms with Gasteiger partial charge in [-0.25, -0.2) is 12.1 Å². The Bertz CT molecular complexity index is 307. The van der Waals surface area contributed by atoms with Crippen molar-refractivity contribution in [3.05, 3.63) is 60.2 Å². The molecular weight excluding hydrogens is 239 g/mol. The average Bonchev–Trinajstić information content (AvgIpc) is 2.82. The second kappa shape index (κ2) is 7.57. The first-order chi connectivity index (χ1) is 6.30. The molecule has 0 aromatic heterocycles. The van der Waals surface area contributed by atoms with Gasteiger partial charge in [0.05, 0.1) is 0 Å². The molecule has 80 valence electrons. The van der Waals surface area contributed by atoms with Crippen molar-refractivity contribution in [2.45, 2.75) is 0 Å². The molecule has 14 heavy (non-hydrogen) atoms. The summed E-state index contributed by atoms with van der Waals surface area (Å²) in [5, 5.41) is -0.394. The first-order valence-corrected chi connectivity index (χ1v) is 4.27. The Morgan fingerprint density at radius 1 is 1.00 bits per heavy atom. The summed E-state index contributed by atoms with van der Waals surface area (Å²) in [6, 6.07) is 16.9. The van der Waals surface area contributed by atoms with E-state index in [0.29, 0.717) is 5.56 Å². The molecule has 0 aliphatic rings. The maximum Gasteiger partial charge on any atom is 0.197 e. The van der Waals surface area contributed by atoms with Crippen LogP contribution in [-0.4, -0.2) is 5.24 Å². The molecule has 0 fully saturated rings. The van der Waals surface area contributed by atoms with Crippen LogP contribution < -0.4 is 0 Å². The number of carbonyl (C=O) groups is 1. The van der Waals surface area contributed by atoms with E-state index in [1.165, 1.54) is 0 Å². The monoisotopic (exact) mass is 248 g/mol. The van der Waals surface area contributed by atoms with Gasteiger partial charge in [0.2, 0.25) is 0 Å². The van der Waals surface area contributed by atoms with Crippen LogP contribution in [0.4, 0.5) is 0 Å². The van der Waals surface area contributed by atoms with Gasteiger partial charge < -0.3 is 30.3 Å². The minimum Gasteiger partial charge on any atom is -0.748 e.